The maximum absolute atomic E-state index is 11.2. The van der Waals surface area contributed by atoms with Crippen LogP contribution in [0.3, 0.4) is 0 Å². The Hall–Kier alpha value is -1.05. The zero-order valence-electron chi connectivity index (χ0n) is 9.42. The molecule has 1 N–H and O–H groups in total. The number of hydrogen-bond acceptors (Lipinski definition) is 4. The maximum Gasteiger partial charge on any atom is 0.384 e. The molecule has 4 heteroatoms. The molecule has 0 aromatic carbocycles. The van der Waals surface area contributed by atoms with Gasteiger partial charge in [-0.05, 0) is 20.8 Å². The first kappa shape index (κ1) is 12.0. The first-order valence-electron chi connectivity index (χ1n) is 5.04. The van der Waals surface area contributed by atoms with Crippen LogP contribution in [-0.2, 0) is 14.3 Å². The van der Waals surface area contributed by atoms with Crippen LogP contribution in [0.5, 0.6) is 0 Å². The molecule has 15 heavy (non-hydrogen) atoms. The zero-order chi connectivity index (χ0) is 11.3. The van der Waals surface area contributed by atoms with Crippen molar-refractivity contribution in [3.8, 4) is 11.8 Å². The van der Waals surface area contributed by atoms with Crippen molar-refractivity contribution in [3.63, 3.8) is 0 Å². The van der Waals surface area contributed by atoms with Crippen LogP contribution in [0.4, 0.5) is 0 Å². The van der Waals surface area contributed by atoms with Gasteiger partial charge in [0.05, 0.1) is 6.61 Å². The average molecular weight is 211 g/mol. The molecule has 1 atom stereocenters. The topological polar surface area (TPSA) is 47.6 Å². The molecule has 1 saturated heterocycles. The van der Waals surface area contributed by atoms with Crippen LogP contribution in [0.25, 0.3) is 0 Å². The van der Waals surface area contributed by atoms with E-state index < -0.39 is 11.6 Å². The highest BCUT2D eigenvalue weighted by Gasteiger charge is 2.15. The van der Waals surface area contributed by atoms with Gasteiger partial charge in [0.15, 0.2) is 0 Å². The van der Waals surface area contributed by atoms with Gasteiger partial charge < -0.3 is 14.8 Å². The first-order chi connectivity index (χ1) is 6.97. The summed E-state index contributed by atoms with van der Waals surface area (Å²) in [6.45, 7) is 7.57. The fourth-order valence-electron chi connectivity index (χ4n) is 1.10. The first-order valence-corrected chi connectivity index (χ1v) is 5.04. The average Bonchev–Trinajstić information content (AvgIpc) is 2.14. The largest absolute Gasteiger partial charge is 0.450 e. The van der Waals surface area contributed by atoms with Gasteiger partial charge in [0, 0.05) is 19.0 Å². The second-order valence-corrected chi connectivity index (χ2v) is 4.33. The molecule has 84 valence electrons. The van der Waals surface area contributed by atoms with E-state index in [1.807, 2.05) is 20.8 Å². The van der Waals surface area contributed by atoms with Crippen molar-refractivity contribution in [1.82, 2.24) is 5.32 Å². The molecule has 4 nitrogen and oxygen atoms in total. The van der Waals surface area contributed by atoms with Crippen LogP contribution in [-0.4, -0.2) is 37.4 Å². The Kier molecular flexibility index (Phi) is 4.13. The Morgan fingerprint density at radius 3 is 2.80 bits per heavy atom. The Bertz CT molecular complexity index is 276. The number of carbonyl (C=O) groups is 1. The van der Waals surface area contributed by atoms with E-state index in [0.29, 0.717) is 13.2 Å². The molecule has 0 saturated carbocycles. The van der Waals surface area contributed by atoms with E-state index in [2.05, 4.69) is 17.2 Å². The van der Waals surface area contributed by atoms with E-state index in [9.17, 15) is 4.79 Å². The molecular formula is C11H17NO3. The van der Waals surface area contributed by atoms with Gasteiger partial charge in [-0.1, -0.05) is 5.92 Å². The third kappa shape index (κ3) is 5.40. The molecule has 0 aromatic heterocycles. The highest BCUT2D eigenvalue weighted by molar-refractivity contribution is 5.88. The highest BCUT2D eigenvalue weighted by atomic mass is 16.6. The molecule has 1 rings (SSSR count). The van der Waals surface area contributed by atoms with Gasteiger partial charge in [0.1, 0.15) is 11.7 Å². The summed E-state index contributed by atoms with van der Waals surface area (Å²) in [5.74, 6) is 4.66. The van der Waals surface area contributed by atoms with Crippen LogP contribution < -0.4 is 5.32 Å². The van der Waals surface area contributed by atoms with Crippen molar-refractivity contribution in [2.24, 2.45) is 0 Å². The second kappa shape index (κ2) is 5.15. The maximum atomic E-state index is 11.2. The number of rotatable bonds is 0. The lowest BCUT2D eigenvalue weighted by atomic mass is 10.2. The van der Waals surface area contributed by atoms with Gasteiger partial charge in [-0.2, -0.15) is 0 Å². The SMILES string of the molecule is CC(C)(C)OC(=O)C#CC1CNCCO1. The van der Waals surface area contributed by atoms with Crippen molar-refractivity contribution < 1.29 is 14.3 Å². The summed E-state index contributed by atoms with van der Waals surface area (Å²) in [6, 6.07) is 0. The van der Waals surface area contributed by atoms with Crippen molar-refractivity contribution in [1.29, 1.82) is 0 Å². The normalized spacial score (nSPS) is 21.4. The van der Waals surface area contributed by atoms with Crippen LogP contribution in [0.2, 0.25) is 0 Å². The molecule has 1 fully saturated rings. The number of ether oxygens (including phenoxy) is 2. The van der Waals surface area contributed by atoms with Gasteiger partial charge in [-0.3, -0.25) is 0 Å². The molecule has 1 aliphatic rings. The van der Waals surface area contributed by atoms with Gasteiger partial charge in [0.25, 0.3) is 0 Å². The van der Waals surface area contributed by atoms with Crippen LogP contribution >= 0.6 is 0 Å². The van der Waals surface area contributed by atoms with E-state index in [0.717, 1.165) is 6.54 Å². The highest BCUT2D eigenvalue weighted by Crippen LogP contribution is 2.06. The smallest absolute Gasteiger partial charge is 0.384 e. The van der Waals surface area contributed by atoms with Crippen LogP contribution in [0.1, 0.15) is 20.8 Å². The third-order valence-electron chi connectivity index (χ3n) is 1.66. The zero-order valence-corrected chi connectivity index (χ0v) is 9.42. The van der Waals surface area contributed by atoms with Crippen molar-refractivity contribution in [2.75, 3.05) is 19.7 Å². The summed E-state index contributed by atoms with van der Waals surface area (Å²) in [5.41, 5.74) is -0.489. The number of hydrogen-bond donors (Lipinski definition) is 1. The van der Waals surface area contributed by atoms with E-state index in [1.54, 1.807) is 0 Å². The Balaban J connectivity index is 2.39. The number of carbonyl (C=O) groups excluding carboxylic acids is 1. The number of esters is 1. The summed E-state index contributed by atoms with van der Waals surface area (Å²) >= 11 is 0. The molecule has 1 unspecified atom stereocenters. The summed E-state index contributed by atoms with van der Waals surface area (Å²) in [4.78, 5) is 11.2. The summed E-state index contributed by atoms with van der Waals surface area (Å²) in [6.07, 6.45) is -0.203. The Morgan fingerprint density at radius 1 is 1.53 bits per heavy atom. The van der Waals surface area contributed by atoms with Crippen LogP contribution in [0.15, 0.2) is 0 Å². The van der Waals surface area contributed by atoms with Crippen molar-refractivity contribution in [2.45, 2.75) is 32.5 Å². The minimum Gasteiger partial charge on any atom is -0.450 e. The fraction of sp³-hybridized carbons (Fsp3) is 0.727. The minimum absolute atomic E-state index is 0.203. The third-order valence-corrected chi connectivity index (χ3v) is 1.66. The molecule has 0 aromatic rings. The molecule has 0 aliphatic carbocycles. The Labute approximate surface area is 90.3 Å². The van der Waals surface area contributed by atoms with E-state index >= 15 is 0 Å². The minimum atomic E-state index is -0.503. The van der Waals surface area contributed by atoms with Gasteiger partial charge in [0.2, 0.25) is 0 Å². The molecule has 1 heterocycles. The standard InChI is InChI=1S/C11H17NO3/c1-11(2,3)15-10(13)5-4-9-8-12-6-7-14-9/h9,12H,6-8H2,1-3H3. The van der Waals surface area contributed by atoms with E-state index in [1.165, 1.54) is 0 Å². The lowest BCUT2D eigenvalue weighted by Crippen LogP contribution is -2.37. The summed E-state index contributed by atoms with van der Waals surface area (Å²) < 4.78 is 10.4. The molecular weight excluding hydrogens is 194 g/mol. The molecule has 0 bridgehead atoms. The second-order valence-electron chi connectivity index (χ2n) is 4.33. The van der Waals surface area contributed by atoms with Gasteiger partial charge in [-0.15, -0.1) is 0 Å². The Morgan fingerprint density at radius 2 is 2.27 bits per heavy atom. The van der Waals surface area contributed by atoms with E-state index in [-0.39, 0.29) is 6.10 Å². The van der Waals surface area contributed by atoms with Crippen molar-refractivity contribution >= 4 is 5.97 Å². The predicted octanol–water partition coefficient (Wildman–Crippen LogP) is 0.320. The lowest BCUT2D eigenvalue weighted by molar-refractivity contribution is -0.147. The monoisotopic (exact) mass is 211 g/mol. The van der Waals surface area contributed by atoms with E-state index in [4.69, 9.17) is 9.47 Å². The molecule has 0 amide bonds. The van der Waals surface area contributed by atoms with Gasteiger partial charge >= 0.3 is 5.97 Å². The van der Waals surface area contributed by atoms with Crippen molar-refractivity contribution in [3.05, 3.63) is 0 Å². The summed E-state index contributed by atoms with van der Waals surface area (Å²) in [7, 11) is 0. The quantitative estimate of drug-likeness (QED) is 0.356. The fourth-order valence-corrected chi connectivity index (χ4v) is 1.10. The van der Waals surface area contributed by atoms with Gasteiger partial charge in [-0.25, -0.2) is 4.79 Å². The number of nitrogens with one attached hydrogen (secondary N) is 1. The molecule has 1 aliphatic heterocycles. The van der Waals surface area contributed by atoms with Crippen LogP contribution in [0, 0.1) is 11.8 Å². The number of morpholine rings is 1. The predicted molar refractivity (Wildman–Crippen MR) is 56.2 cm³/mol. The summed E-state index contributed by atoms with van der Waals surface area (Å²) in [5, 5.41) is 3.13. The lowest BCUT2D eigenvalue weighted by Gasteiger charge is -2.19. The molecule has 0 spiro atoms. The molecule has 0 radical (unpaired) electrons.